The van der Waals surface area contributed by atoms with Gasteiger partial charge in [0, 0.05) is 12.7 Å². The fourth-order valence-electron chi connectivity index (χ4n) is 2.12. The fourth-order valence-corrected chi connectivity index (χ4v) is 2.12. The van der Waals surface area contributed by atoms with E-state index in [4.69, 9.17) is 0 Å². The van der Waals surface area contributed by atoms with Crippen LogP contribution in [0.25, 0.3) is 0 Å². The minimum Gasteiger partial charge on any atom is -0.301 e. The summed E-state index contributed by atoms with van der Waals surface area (Å²) >= 11 is 0. The van der Waals surface area contributed by atoms with Crippen LogP contribution in [0.3, 0.4) is 0 Å². The number of aromatic nitrogens is 2. The molecule has 2 rings (SSSR count). The van der Waals surface area contributed by atoms with Gasteiger partial charge in [0.05, 0.1) is 12.7 Å². The van der Waals surface area contributed by atoms with Crippen molar-refractivity contribution in [2.24, 2.45) is 0 Å². The molecule has 0 aliphatic carbocycles. The van der Waals surface area contributed by atoms with Gasteiger partial charge in [-0.25, -0.2) is 0 Å². The van der Waals surface area contributed by atoms with Gasteiger partial charge in [0.15, 0.2) is 0 Å². The van der Waals surface area contributed by atoms with E-state index in [-0.39, 0.29) is 5.41 Å². The second-order valence-electron chi connectivity index (χ2n) is 5.79. The molecule has 0 spiro atoms. The van der Waals surface area contributed by atoms with Gasteiger partial charge < -0.3 is 4.90 Å². The van der Waals surface area contributed by atoms with Crippen LogP contribution >= 0.6 is 0 Å². The molecule has 1 fully saturated rings. The Bertz CT molecular complexity index is 329. The van der Waals surface area contributed by atoms with Crippen molar-refractivity contribution in [1.82, 2.24) is 14.7 Å². The third kappa shape index (κ3) is 2.85. The topological polar surface area (TPSA) is 21.1 Å². The van der Waals surface area contributed by atoms with E-state index < -0.39 is 0 Å². The molecular formula is C13H23N3. The molecule has 0 unspecified atom stereocenters. The number of nitrogens with zero attached hydrogens (tertiary/aromatic N) is 3. The number of likely N-dealkylation sites (tertiary alicyclic amines) is 1. The van der Waals surface area contributed by atoms with Crippen molar-refractivity contribution in [3.05, 3.63) is 18.0 Å². The molecular weight excluding hydrogens is 198 g/mol. The van der Waals surface area contributed by atoms with Crippen molar-refractivity contribution >= 4 is 0 Å². The summed E-state index contributed by atoms with van der Waals surface area (Å²) in [5, 5.41) is 4.43. The van der Waals surface area contributed by atoms with Crippen LogP contribution in [0.1, 0.15) is 39.2 Å². The van der Waals surface area contributed by atoms with Gasteiger partial charge >= 0.3 is 0 Å². The van der Waals surface area contributed by atoms with Crippen LogP contribution in [0, 0.1) is 0 Å². The van der Waals surface area contributed by atoms with Crippen molar-refractivity contribution < 1.29 is 0 Å². The first-order chi connectivity index (χ1) is 7.55. The molecule has 1 aliphatic rings. The Morgan fingerprint density at radius 1 is 1.19 bits per heavy atom. The number of hydrogen-bond donors (Lipinski definition) is 0. The smallest absolute Gasteiger partial charge is 0.0536 e. The molecule has 1 aromatic heterocycles. The second-order valence-corrected chi connectivity index (χ2v) is 5.79. The van der Waals surface area contributed by atoms with Crippen LogP contribution in [-0.4, -0.2) is 34.3 Å². The van der Waals surface area contributed by atoms with E-state index in [0.29, 0.717) is 0 Å². The van der Waals surface area contributed by atoms with Crippen molar-refractivity contribution in [2.45, 2.75) is 45.6 Å². The van der Waals surface area contributed by atoms with Crippen molar-refractivity contribution in [3.63, 3.8) is 0 Å². The average molecular weight is 221 g/mol. The SMILES string of the molecule is CC(C)(C)c1cnn(CCN2CCCC2)c1. The molecule has 3 nitrogen and oxygen atoms in total. The number of rotatable bonds is 3. The molecule has 0 radical (unpaired) electrons. The highest BCUT2D eigenvalue weighted by molar-refractivity contribution is 5.14. The van der Waals surface area contributed by atoms with Gasteiger partial charge in [-0.1, -0.05) is 20.8 Å². The van der Waals surface area contributed by atoms with Gasteiger partial charge in [0.25, 0.3) is 0 Å². The average Bonchev–Trinajstić information content (AvgIpc) is 2.85. The fraction of sp³-hybridized carbons (Fsp3) is 0.769. The molecule has 0 atom stereocenters. The third-order valence-corrected chi connectivity index (χ3v) is 3.34. The van der Waals surface area contributed by atoms with Crippen LogP contribution in [0.4, 0.5) is 0 Å². The molecule has 0 saturated carbocycles. The van der Waals surface area contributed by atoms with E-state index in [0.717, 1.165) is 13.1 Å². The normalized spacial score (nSPS) is 18.2. The maximum absolute atomic E-state index is 4.43. The zero-order valence-corrected chi connectivity index (χ0v) is 10.7. The summed E-state index contributed by atoms with van der Waals surface area (Å²) in [6.07, 6.45) is 6.93. The summed E-state index contributed by atoms with van der Waals surface area (Å²) in [5.74, 6) is 0. The maximum atomic E-state index is 4.43. The van der Waals surface area contributed by atoms with Crippen molar-refractivity contribution in [2.75, 3.05) is 19.6 Å². The molecule has 2 heterocycles. The van der Waals surface area contributed by atoms with E-state index in [1.807, 2.05) is 6.20 Å². The maximum Gasteiger partial charge on any atom is 0.0536 e. The lowest BCUT2D eigenvalue weighted by Crippen LogP contribution is -2.24. The van der Waals surface area contributed by atoms with Crippen LogP contribution in [-0.2, 0) is 12.0 Å². The second kappa shape index (κ2) is 4.58. The van der Waals surface area contributed by atoms with Crippen LogP contribution < -0.4 is 0 Å². The Labute approximate surface area is 98.4 Å². The quantitative estimate of drug-likeness (QED) is 0.781. The predicted molar refractivity (Wildman–Crippen MR) is 66.6 cm³/mol. The van der Waals surface area contributed by atoms with Gasteiger partial charge in [-0.15, -0.1) is 0 Å². The van der Waals surface area contributed by atoms with E-state index in [1.165, 1.54) is 31.5 Å². The summed E-state index contributed by atoms with van der Waals surface area (Å²) in [4.78, 5) is 2.53. The first-order valence-corrected chi connectivity index (χ1v) is 6.31. The van der Waals surface area contributed by atoms with E-state index in [2.05, 4.69) is 41.6 Å². The van der Waals surface area contributed by atoms with Crippen molar-refractivity contribution in [1.29, 1.82) is 0 Å². The van der Waals surface area contributed by atoms with Gasteiger partial charge in [-0.05, 0) is 36.9 Å². The molecule has 3 heteroatoms. The Morgan fingerprint density at radius 2 is 1.88 bits per heavy atom. The Morgan fingerprint density at radius 3 is 2.44 bits per heavy atom. The Hall–Kier alpha value is -0.830. The summed E-state index contributed by atoms with van der Waals surface area (Å²) in [6, 6.07) is 0. The Kier molecular flexibility index (Phi) is 3.33. The first kappa shape index (κ1) is 11.6. The molecule has 0 amide bonds. The molecule has 1 aliphatic heterocycles. The minimum atomic E-state index is 0.214. The predicted octanol–water partition coefficient (Wildman–Crippen LogP) is 2.28. The highest BCUT2D eigenvalue weighted by Gasteiger charge is 2.16. The molecule has 16 heavy (non-hydrogen) atoms. The molecule has 0 aromatic carbocycles. The summed E-state index contributed by atoms with van der Waals surface area (Å²) in [7, 11) is 0. The molecule has 1 saturated heterocycles. The highest BCUT2D eigenvalue weighted by Crippen LogP contribution is 2.20. The van der Waals surface area contributed by atoms with Crippen LogP contribution in [0.2, 0.25) is 0 Å². The van der Waals surface area contributed by atoms with Gasteiger partial charge in [0.1, 0.15) is 0 Å². The van der Waals surface area contributed by atoms with E-state index in [9.17, 15) is 0 Å². The molecule has 0 N–H and O–H groups in total. The van der Waals surface area contributed by atoms with Crippen LogP contribution in [0.5, 0.6) is 0 Å². The van der Waals surface area contributed by atoms with E-state index in [1.54, 1.807) is 0 Å². The lowest BCUT2D eigenvalue weighted by molar-refractivity contribution is 0.315. The number of hydrogen-bond acceptors (Lipinski definition) is 2. The van der Waals surface area contributed by atoms with Gasteiger partial charge in [-0.3, -0.25) is 4.68 Å². The largest absolute Gasteiger partial charge is 0.301 e. The minimum absolute atomic E-state index is 0.214. The lowest BCUT2D eigenvalue weighted by Gasteiger charge is -2.16. The molecule has 0 bridgehead atoms. The summed E-state index contributed by atoms with van der Waals surface area (Å²) in [6.45, 7) is 11.4. The lowest BCUT2D eigenvalue weighted by atomic mass is 9.90. The summed E-state index contributed by atoms with van der Waals surface area (Å²) in [5.41, 5.74) is 1.54. The highest BCUT2D eigenvalue weighted by atomic mass is 15.3. The summed E-state index contributed by atoms with van der Waals surface area (Å²) < 4.78 is 2.08. The third-order valence-electron chi connectivity index (χ3n) is 3.34. The zero-order valence-electron chi connectivity index (χ0n) is 10.7. The molecule has 90 valence electrons. The first-order valence-electron chi connectivity index (χ1n) is 6.31. The van der Waals surface area contributed by atoms with Crippen LogP contribution in [0.15, 0.2) is 12.4 Å². The monoisotopic (exact) mass is 221 g/mol. The van der Waals surface area contributed by atoms with E-state index >= 15 is 0 Å². The van der Waals surface area contributed by atoms with Gasteiger partial charge in [0.2, 0.25) is 0 Å². The standard InChI is InChI=1S/C13H23N3/c1-13(2,3)12-10-14-16(11-12)9-8-15-6-4-5-7-15/h10-11H,4-9H2,1-3H3. The van der Waals surface area contributed by atoms with Gasteiger partial charge in [-0.2, -0.15) is 5.10 Å². The molecule has 1 aromatic rings. The zero-order chi connectivity index (χ0) is 11.6. The Balaban J connectivity index is 1.87. The van der Waals surface area contributed by atoms with Crippen molar-refractivity contribution in [3.8, 4) is 0 Å².